The Hall–Kier alpha value is -2.57. The van der Waals surface area contributed by atoms with Crippen molar-refractivity contribution in [2.24, 2.45) is 0 Å². The number of hydrogen-bond donors (Lipinski definition) is 0. The van der Waals surface area contributed by atoms with Gasteiger partial charge in [-0.15, -0.1) is 10.2 Å². The Morgan fingerprint density at radius 3 is 2.83 bits per heavy atom. The zero-order valence-electron chi connectivity index (χ0n) is 13.2. The third-order valence-electron chi connectivity index (χ3n) is 4.73. The average Bonchev–Trinajstić information content (AvgIpc) is 3.07. The van der Waals surface area contributed by atoms with Crippen LogP contribution < -0.4 is 5.56 Å². The maximum atomic E-state index is 13.7. The van der Waals surface area contributed by atoms with Gasteiger partial charge in [-0.2, -0.15) is 0 Å². The lowest BCUT2D eigenvalue weighted by Gasteiger charge is -2.24. The van der Waals surface area contributed by atoms with E-state index in [-0.39, 0.29) is 23.0 Å². The van der Waals surface area contributed by atoms with E-state index >= 15 is 0 Å². The quantitative estimate of drug-likeness (QED) is 0.742. The number of rotatable bonds is 3. The Morgan fingerprint density at radius 1 is 1.17 bits per heavy atom. The molecule has 124 valence electrons. The van der Waals surface area contributed by atoms with Crippen LogP contribution in [0.4, 0.5) is 4.39 Å². The van der Waals surface area contributed by atoms with E-state index in [4.69, 9.17) is 0 Å². The van der Waals surface area contributed by atoms with Gasteiger partial charge in [0.2, 0.25) is 0 Å². The van der Waals surface area contributed by atoms with Crippen LogP contribution in [0.15, 0.2) is 35.6 Å². The predicted molar refractivity (Wildman–Crippen MR) is 87.2 cm³/mol. The summed E-state index contributed by atoms with van der Waals surface area (Å²) in [6, 6.07) is 4.81. The number of para-hydroxylation sites is 1. The van der Waals surface area contributed by atoms with Crippen molar-refractivity contribution in [1.82, 2.24) is 24.3 Å². The molecule has 1 aromatic carbocycles. The summed E-state index contributed by atoms with van der Waals surface area (Å²) in [5.41, 5.74) is -0.162. The van der Waals surface area contributed by atoms with Gasteiger partial charge in [0, 0.05) is 6.04 Å². The average molecular weight is 327 g/mol. The smallest absolute Gasteiger partial charge is 0.261 e. The third-order valence-corrected chi connectivity index (χ3v) is 4.73. The van der Waals surface area contributed by atoms with Crippen LogP contribution >= 0.6 is 0 Å². The molecule has 4 rings (SSSR count). The van der Waals surface area contributed by atoms with Crippen LogP contribution in [0.25, 0.3) is 10.9 Å². The fourth-order valence-electron chi connectivity index (χ4n) is 3.46. The van der Waals surface area contributed by atoms with E-state index in [1.807, 2.05) is 0 Å². The minimum absolute atomic E-state index is 0.104. The number of aromatic nitrogens is 5. The van der Waals surface area contributed by atoms with Crippen molar-refractivity contribution >= 4 is 10.9 Å². The van der Waals surface area contributed by atoms with Crippen molar-refractivity contribution in [3.05, 3.63) is 52.8 Å². The summed E-state index contributed by atoms with van der Waals surface area (Å²) >= 11 is 0. The fourth-order valence-corrected chi connectivity index (χ4v) is 3.46. The van der Waals surface area contributed by atoms with Gasteiger partial charge >= 0.3 is 0 Å². The van der Waals surface area contributed by atoms with Gasteiger partial charge in [-0.25, -0.2) is 9.37 Å². The monoisotopic (exact) mass is 327 g/mol. The minimum atomic E-state index is -0.484. The van der Waals surface area contributed by atoms with E-state index in [9.17, 15) is 9.18 Å². The summed E-state index contributed by atoms with van der Waals surface area (Å²) in [6.45, 7) is 0.286. The van der Waals surface area contributed by atoms with E-state index in [0.717, 1.165) is 18.7 Å². The Bertz CT molecular complexity index is 926. The van der Waals surface area contributed by atoms with E-state index in [1.54, 1.807) is 12.4 Å². The van der Waals surface area contributed by atoms with Gasteiger partial charge < -0.3 is 4.57 Å². The maximum absolute atomic E-state index is 13.7. The molecule has 0 saturated heterocycles. The Balaban J connectivity index is 1.69. The van der Waals surface area contributed by atoms with Gasteiger partial charge in [0.15, 0.2) is 5.82 Å². The fraction of sp³-hybridized carbons (Fsp3) is 0.412. The van der Waals surface area contributed by atoms with Gasteiger partial charge in [0.1, 0.15) is 17.7 Å². The van der Waals surface area contributed by atoms with Crippen LogP contribution in [-0.4, -0.2) is 24.3 Å². The molecular weight excluding hydrogens is 309 g/mol. The molecular formula is C17H18FN5O. The molecule has 24 heavy (non-hydrogen) atoms. The Labute approximate surface area is 138 Å². The summed E-state index contributed by atoms with van der Waals surface area (Å²) in [6.07, 6.45) is 9.03. The Morgan fingerprint density at radius 2 is 2.00 bits per heavy atom. The van der Waals surface area contributed by atoms with Crippen molar-refractivity contribution in [3.8, 4) is 0 Å². The van der Waals surface area contributed by atoms with Crippen molar-refractivity contribution in [2.45, 2.75) is 44.7 Å². The molecule has 0 N–H and O–H groups in total. The zero-order chi connectivity index (χ0) is 16.5. The van der Waals surface area contributed by atoms with Crippen molar-refractivity contribution in [2.75, 3.05) is 0 Å². The molecule has 1 fully saturated rings. The molecule has 7 heteroatoms. The molecule has 0 bridgehead atoms. The molecule has 0 atom stereocenters. The summed E-state index contributed by atoms with van der Waals surface area (Å²) < 4.78 is 17.3. The van der Waals surface area contributed by atoms with Crippen molar-refractivity contribution in [3.63, 3.8) is 0 Å². The molecule has 0 spiro atoms. The van der Waals surface area contributed by atoms with E-state index < -0.39 is 5.82 Å². The second-order valence-corrected chi connectivity index (χ2v) is 6.26. The van der Waals surface area contributed by atoms with Crippen LogP contribution in [0.3, 0.4) is 0 Å². The SMILES string of the molecule is O=c1c2cccc(F)c2ncn1Cc1nncn1C1CCCCC1. The van der Waals surface area contributed by atoms with Crippen LogP contribution in [-0.2, 0) is 6.54 Å². The normalized spacial score (nSPS) is 15.9. The summed E-state index contributed by atoms with van der Waals surface area (Å²) in [7, 11) is 0. The molecule has 2 aromatic heterocycles. The van der Waals surface area contributed by atoms with Crippen molar-refractivity contribution < 1.29 is 4.39 Å². The first-order valence-electron chi connectivity index (χ1n) is 8.26. The van der Waals surface area contributed by atoms with Crippen LogP contribution in [0.1, 0.15) is 44.0 Å². The van der Waals surface area contributed by atoms with Gasteiger partial charge in [-0.1, -0.05) is 25.3 Å². The van der Waals surface area contributed by atoms with Gasteiger partial charge in [-0.05, 0) is 25.0 Å². The van der Waals surface area contributed by atoms with E-state index in [1.165, 1.54) is 42.3 Å². The highest BCUT2D eigenvalue weighted by Crippen LogP contribution is 2.28. The van der Waals surface area contributed by atoms with Gasteiger partial charge in [0.25, 0.3) is 5.56 Å². The number of fused-ring (bicyclic) bond motifs is 1. The second kappa shape index (κ2) is 6.14. The predicted octanol–water partition coefficient (Wildman–Crippen LogP) is 2.68. The third kappa shape index (κ3) is 2.60. The summed E-state index contributed by atoms with van der Waals surface area (Å²) in [5, 5.41) is 8.47. The Kier molecular flexibility index (Phi) is 3.84. The molecule has 3 aromatic rings. The molecule has 0 unspecified atom stereocenters. The number of nitrogens with zero attached hydrogens (tertiary/aromatic N) is 5. The van der Waals surface area contributed by atoms with Crippen LogP contribution in [0.5, 0.6) is 0 Å². The van der Waals surface area contributed by atoms with E-state index in [2.05, 4.69) is 19.7 Å². The molecule has 1 saturated carbocycles. The lowest BCUT2D eigenvalue weighted by Crippen LogP contribution is -2.24. The number of halogens is 1. The topological polar surface area (TPSA) is 65.6 Å². The summed E-state index contributed by atoms with van der Waals surface area (Å²) in [5.74, 6) is 0.253. The number of benzene rings is 1. The molecule has 0 aliphatic heterocycles. The molecule has 0 amide bonds. The van der Waals surface area contributed by atoms with Crippen LogP contribution in [0.2, 0.25) is 0 Å². The molecule has 1 aliphatic carbocycles. The highest BCUT2D eigenvalue weighted by Gasteiger charge is 2.19. The molecule has 0 radical (unpaired) electrons. The van der Waals surface area contributed by atoms with E-state index in [0.29, 0.717) is 6.04 Å². The lowest BCUT2D eigenvalue weighted by molar-refractivity contribution is 0.343. The second-order valence-electron chi connectivity index (χ2n) is 6.26. The van der Waals surface area contributed by atoms with Crippen LogP contribution in [0, 0.1) is 5.82 Å². The largest absolute Gasteiger partial charge is 0.313 e. The first-order valence-corrected chi connectivity index (χ1v) is 8.26. The first kappa shape index (κ1) is 15.0. The van der Waals surface area contributed by atoms with Crippen molar-refractivity contribution in [1.29, 1.82) is 0 Å². The minimum Gasteiger partial charge on any atom is -0.313 e. The molecule has 1 aliphatic rings. The standard InChI is InChI=1S/C17H18FN5O/c18-14-8-4-7-13-16(14)19-10-22(17(13)24)9-15-21-20-11-23(15)12-5-2-1-3-6-12/h4,7-8,10-12H,1-3,5-6,9H2. The lowest BCUT2D eigenvalue weighted by atomic mass is 9.95. The first-order chi connectivity index (χ1) is 11.7. The van der Waals surface area contributed by atoms with Gasteiger partial charge in [-0.3, -0.25) is 9.36 Å². The number of hydrogen-bond acceptors (Lipinski definition) is 4. The summed E-state index contributed by atoms with van der Waals surface area (Å²) in [4.78, 5) is 16.7. The molecule has 2 heterocycles. The highest BCUT2D eigenvalue weighted by atomic mass is 19.1. The molecule has 6 nitrogen and oxygen atoms in total. The highest BCUT2D eigenvalue weighted by molar-refractivity contribution is 5.77. The van der Waals surface area contributed by atoms with Gasteiger partial charge in [0.05, 0.1) is 18.3 Å². The maximum Gasteiger partial charge on any atom is 0.261 e. The zero-order valence-corrected chi connectivity index (χ0v) is 13.2.